The minimum Gasteiger partial charge on any atom is -0.387 e. The highest BCUT2D eigenvalue weighted by molar-refractivity contribution is 5.77. The van der Waals surface area contributed by atoms with Crippen molar-refractivity contribution in [1.82, 2.24) is 15.2 Å². The van der Waals surface area contributed by atoms with Gasteiger partial charge in [-0.3, -0.25) is 9.78 Å². The van der Waals surface area contributed by atoms with Crippen LogP contribution in [0.3, 0.4) is 0 Å². The molecule has 2 aliphatic rings. The van der Waals surface area contributed by atoms with Gasteiger partial charge in [-0.05, 0) is 63.5 Å². The third-order valence-electron chi connectivity index (χ3n) is 6.05. The lowest BCUT2D eigenvalue weighted by atomic mass is 9.84. The number of carbonyl (C=O) groups excluding carboxylic acids is 2. The van der Waals surface area contributed by atoms with Gasteiger partial charge in [0.05, 0.1) is 6.54 Å². The molecule has 160 valence electrons. The molecule has 1 saturated heterocycles. The maximum Gasteiger partial charge on any atom is 0.317 e. The van der Waals surface area contributed by atoms with Gasteiger partial charge in [-0.1, -0.05) is 6.07 Å². The largest absolute Gasteiger partial charge is 0.387 e. The first-order valence-electron chi connectivity index (χ1n) is 10.7. The van der Waals surface area contributed by atoms with Gasteiger partial charge < -0.3 is 20.1 Å². The predicted molar refractivity (Wildman–Crippen MR) is 110 cm³/mol. The van der Waals surface area contributed by atoms with E-state index in [9.17, 15) is 14.7 Å². The van der Waals surface area contributed by atoms with Crippen molar-refractivity contribution in [3.63, 3.8) is 0 Å². The Morgan fingerprint density at radius 2 is 2.14 bits per heavy atom. The molecule has 2 heterocycles. The zero-order valence-corrected chi connectivity index (χ0v) is 17.6. The Kier molecular flexibility index (Phi) is 7.24. The Hall–Kier alpha value is -1.99. The molecule has 1 aromatic heterocycles. The number of fused-ring (bicyclic) bond motifs is 1. The van der Waals surface area contributed by atoms with E-state index in [0.717, 1.165) is 31.4 Å². The molecule has 2 atom stereocenters. The number of nitrogens with zero attached hydrogens (tertiary/aromatic N) is 2. The van der Waals surface area contributed by atoms with Gasteiger partial charge in [-0.2, -0.15) is 0 Å². The SMILES string of the molecule is COC1CN(C(=O)NCCCc2ccc3c(n2)CCCC3)CC[C@@]1(O)CC(C)=O. The number of amides is 2. The molecule has 1 aliphatic carbocycles. The zero-order chi connectivity index (χ0) is 20.9. The zero-order valence-electron chi connectivity index (χ0n) is 17.6. The molecule has 1 aromatic rings. The van der Waals surface area contributed by atoms with E-state index in [-0.39, 0.29) is 24.8 Å². The predicted octanol–water partition coefficient (Wildman–Crippen LogP) is 2.03. The van der Waals surface area contributed by atoms with Crippen molar-refractivity contribution in [1.29, 1.82) is 0 Å². The molecule has 0 saturated carbocycles. The minimum atomic E-state index is -1.20. The maximum absolute atomic E-state index is 12.5. The van der Waals surface area contributed by atoms with Gasteiger partial charge in [-0.25, -0.2) is 4.79 Å². The Bertz CT molecular complexity index is 739. The van der Waals surface area contributed by atoms with Crippen molar-refractivity contribution >= 4 is 11.8 Å². The number of nitrogens with one attached hydrogen (secondary N) is 1. The van der Waals surface area contributed by atoms with Gasteiger partial charge in [0.2, 0.25) is 0 Å². The number of aromatic nitrogens is 1. The summed E-state index contributed by atoms with van der Waals surface area (Å²) in [6.07, 6.45) is 6.17. The molecule has 0 radical (unpaired) electrons. The van der Waals surface area contributed by atoms with E-state index in [0.29, 0.717) is 19.5 Å². The molecule has 1 fully saturated rings. The van der Waals surface area contributed by atoms with Crippen LogP contribution in [0.2, 0.25) is 0 Å². The molecule has 3 rings (SSSR count). The summed E-state index contributed by atoms with van der Waals surface area (Å²) >= 11 is 0. The lowest BCUT2D eigenvalue weighted by Gasteiger charge is -2.43. The molecule has 1 unspecified atom stereocenters. The van der Waals surface area contributed by atoms with Gasteiger partial charge in [0.1, 0.15) is 17.5 Å². The van der Waals surface area contributed by atoms with E-state index >= 15 is 0 Å². The van der Waals surface area contributed by atoms with Crippen LogP contribution in [0.4, 0.5) is 4.79 Å². The highest BCUT2D eigenvalue weighted by Gasteiger charge is 2.43. The number of ketones is 1. The first kappa shape index (κ1) is 21.7. The van der Waals surface area contributed by atoms with Crippen molar-refractivity contribution in [2.75, 3.05) is 26.7 Å². The molecule has 0 aromatic carbocycles. The van der Waals surface area contributed by atoms with Crippen LogP contribution in [0.1, 0.15) is 56.0 Å². The van der Waals surface area contributed by atoms with Crippen molar-refractivity contribution in [3.05, 3.63) is 29.1 Å². The number of rotatable bonds is 7. The molecule has 1 aliphatic heterocycles. The normalized spacial score (nSPS) is 24.1. The lowest BCUT2D eigenvalue weighted by Crippen LogP contribution is -2.59. The van der Waals surface area contributed by atoms with E-state index in [1.54, 1.807) is 4.90 Å². The molecule has 0 bridgehead atoms. The van der Waals surface area contributed by atoms with Gasteiger partial charge in [0.15, 0.2) is 0 Å². The van der Waals surface area contributed by atoms with Crippen molar-refractivity contribution in [2.45, 2.75) is 70.0 Å². The number of hydrogen-bond acceptors (Lipinski definition) is 5. The monoisotopic (exact) mass is 403 g/mol. The van der Waals surface area contributed by atoms with E-state index in [2.05, 4.69) is 17.4 Å². The maximum atomic E-state index is 12.5. The number of pyridine rings is 1. The first-order chi connectivity index (χ1) is 13.9. The summed E-state index contributed by atoms with van der Waals surface area (Å²) in [4.78, 5) is 30.4. The van der Waals surface area contributed by atoms with Crippen LogP contribution >= 0.6 is 0 Å². The quantitative estimate of drug-likeness (QED) is 0.680. The molecule has 7 nitrogen and oxygen atoms in total. The highest BCUT2D eigenvalue weighted by atomic mass is 16.5. The fourth-order valence-electron chi connectivity index (χ4n) is 4.41. The van der Waals surface area contributed by atoms with Crippen LogP contribution in [-0.4, -0.2) is 65.3 Å². The summed E-state index contributed by atoms with van der Waals surface area (Å²) in [7, 11) is 1.50. The highest BCUT2D eigenvalue weighted by Crippen LogP contribution is 2.28. The van der Waals surface area contributed by atoms with Crippen LogP contribution in [0.5, 0.6) is 0 Å². The number of likely N-dealkylation sites (tertiary alicyclic amines) is 1. The number of aryl methyl sites for hydroxylation is 3. The number of Topliss-reactive ketones (excluding diaryl/α,β-unsaturated/α-hetero) is 1. The number of urea groups is 1. The Balaban J connectivity index is 1.43. The van der Waals surface area contributed by atoms with Gasteiger partial charge in [0, 0.05) is 38.0 Å². The van der Waals surface area contributed by atoms with E-state index in [1.807, 2.05) is 0 Å². The number of ether oxygens (including phenoxy) is 1. The Morgan fingerprint density at radius 1 is 1.34 bits per heavy atom. The lowest BCUT2D eigenvalue weighted by molar-refractivity contribution is -0.145. The second-order valence-electron chi connectivity index (χ2n) is 8.35. The third kappa shape index (κ3) is 5.54. The van der Waals surface area contributed by atoms with Crippen LogP contribution in [-0.2, 0) is 28.8 Å². The van der Waals surface area contributed by atoms with Gasteiger partial charge in [0.25, 0.3) is 0 Å². The number of hydrogen-bond donors (Lipinski definition) is 2. The molecule has 7 heteroatoms. The van der Waals surface area contributed by atoms with Crippen molar-refractivity contribution in [3.8, 4) is 0 Å². The minimum absolute atomic E-state index is 0.0503. The van der Waals surface area contributed by atoms with E-state index in [4.69, 9.17) is 9.72 Å². The summed E-state index contributed by atoms with van der Waals surface area (Å²) in [5.41, 5.74) is 2.52. The molecule has 0 spiro atoms. The molecule has 2 N–H and O–H groups in total. The summed E-state index contributed by atoms with van der Waals surface area (Å²) in [5, 5.41) is 13.7. The molecule has 2 amide bonds. The van der Waals surface area contributed by atoms with Crippen LogP contribution in [0, 0.1) is 0 Å². The second kappa shape index (κ2) is 9.67. The van der Waals surface area contributed by atoms with Crippen LogP contribution < -0.4 is 5.32 Å². The van der Waals surface area contributed by atoms with Crippen molar-refractivity contribution in [2.24, 2.45) is 0 Å². The topological polar surface area (TPSA) is 91.8 Å². The molecular weight excluding hydrogens is 370 g/mol. The first-order valence-corrected chi connectivity index (χ1v) is 10.7. The number of carbonyl (C=O) groups is 2. The van der Waals surface area contributed by atoms with Gasteiger partial charge in [-0.15, -0.1) is 0 Å². The molecular formula is C22H33N3O4. The summed E-state index contributed by atoms with van der Waals surface area (Å²) in [6.45, 7) is 2.71. The van der Waals surface area contributed by atoms with E-state index < -0.39 is 11.7 Å². The summed E-state index contributed by atoms with van der Waals surface area (Å²) < 4.78 is 5.38. The van der Waals surface area contributed by atoms with Crippen LogP contribution in [0.25, 0.3) is 0 Å². The Morgan fingerprint density at radius 3 is 2.90 bits per heavy atom. The standard InChI is InChI=1S/C22H33N3O4/c1-16(26)14-22(28)11-13-25(15-20(22)29-2)21(27)23-12-5-7-18-10-9-17-6-3-4-8-19(17)24-18/h9-10,20,28H,3-8,11-15H2,1-2H3,(H,23,27)/t20?,22-/m1/s1. The third-order valence-corrected chi connectivity index (χ3v) is 6.05. The number of aliphatic hydroxyl groups is 1. The number of methoxy groups -OCH3 is 1. The summed E-state index contributed by atoms with van der Waals surface area (Å²) in [6, 6.07) is 4.15. The number of piperidine rings is 1. The van der Waals surface area contributed by atoms with Crippen molar-refractivity contribution < 1.29 is 19.4 Å². The fraction of sp³-hybridized carbons (Fsp3) is 0.682. The molecule has 29 heavy (non-hydrogen) atoms. The smallest absolute Gasteiger partial charge is 0.317 e. The van der Waals surface area contributed by atoms with Gasteiger partial charge >= 0.3 is 6.03 Å². The average Bonchev–Trinajstić information content (AvgIpc) is 2.70. The second-order valence-corrected chi connectivity index (χ2v) is 8.35. The van der Waals surface area contributed by atoms with Crippen LogP contribution in [0.15, 0.2) is 12.1 Å². The summed E-state index contributed by atoms with van der Waals surface area (Å²) in [5.74, 6) is -0.0803. The Labute approximate surface area is 172 Å². The average molecular weight is 404 g/mol. The fourth-order valence-corrected chi connectivity index (χ4v) is 4.41. The van der Waals surface area contributed by atoms with E-state index in [1.165, 1.54) is 38.1 Å².